The molecule has 0 aromatic heterocycles. The van der Waals surface area contributed by atoms with Crippen LogP contribution in [-0.2, 0) is 8.98 Å². The first-order valence-electron chi connectivity index (χ1n) is 2.13. The molecule has 0 bridgehead atoms. The van der Waals surface area contributed by atoms with Crippen LogP contribution >= 0.6 is 11.2 Å². The number of rotatable bonds is 0. The first kappa shape index (κ1) is 4.97. The highest BCUT2D eigenvalue weighted by molar-refractivity contribution is 8.12. The molecule has 0 aromatic rings. The average Bonchev–Trinajstić information content (AvgIpc) is 1.87. The minimum Gasteiger partial charge on any atom is -0.405 e. The molecule has 2 nitrogen and oxygen atoms in total. The zero-order chi connectivity index (χ0) is 5.28. The van der Waals surface area contributed by atoms with Crippen molar-refractivity contribution in [3.8, 4) is 0 Å². The van der Waals surface area contributed by atoms with Crippen LogP contribution in [0.4, 0.5) is 0 Å². The van der Waals surface area contributed by atoms with Crippen molar-refractivity contribution in [3.63, 3.8) is 0 Å². The molecule has 1 radical (unpaired) electrons. The van der Waals surface area contributed by atoms with Gasteiger partial charge in [-0.05, 0) is 11.2 Å². The fourth-order valence-electron chi connectivity index (χ4n) is 0.469. The predicted octanol–water partition coefficient (Wildman–Crippen LogP) is 0.747. The summed E-state index contributed by atoms with van der Waals surface area (Å²) in [5.74, 6) is 0.893. The van der Waals surface area contributed by atoms with Crippen LogP contribution in [0.2, 0.25) is 0 Å². The Bertz CT molecular complexity index is 91.7. The summed E-state index contributed by atoms with van der Waals surface area (Å²) >= 11 is -0.0525. The highest BCUT2D eigenvalue weighted by Crippen LogP contribution is 2.29. The van der Waals surface area contributed by atoms with Gasteiger partial charge < -0.3 is 4.18 Å². The van der Waals surface area contributed by atoms with E-state index in [0.717, 1.165) is 5.75 Å². The SMILES string of the molecule is C[S]1CCC(=O)O1. The van der Waals surface area contributed by atoms with Crippen molar-refractivity contribution in [1.82, 2.24) is 0 Å². The molecule has 0 saturated carbocycles. The van der Waals surface area contributed by atoms with Crippen molar-refractivity contribution in [2.24, 2.45) is 0 Å². The van der Waals surface area contributed by atoms with Gasteiger partial charge in [0.15, 0.2) is 0 Å². The van der Waals surface area contributed by atoms with Gasteiger partial charge in [-0.25, -0.2) is 0 Å². The van der Waals surface area contributed by atoms with Crippen molar-refractivity contribution < 1.29 is 8.98 Å². The van der Waals surface area contributed by atoms with E-state index >= 15 is 0 Å². The van der Waals surface area contributed by atoms with Gasteiger partial charge in [-0.2, -0.15) is 0 Å². The molecule has 3 heteroatoms. The lowest BCUT2D eigenvalue weighted by atomic mass is 10.5. The van der Waals surface area contributed by atoms with Crippen LogP contribution < -0.4 is 0 Å². The van der Waals surface area contributed by atoms with E-state index in [4.69, 9.17) is 4.18 Å². The van der Waals surface area contributed by atoms with E-state index in [1.165, 1.54) is 0 Å². The minimum absolute atomic E-state index is 0.0363. The zero-order valence-electron chi connectivity index (χ0n) is 4.14. The van der Waals surface area contributed by atoms with E-state index < -0.39 is 0 Å². The van der Waals surface area contributed by atoms with E-state index in [9.17, 15) is 4.79 Å². The van der Waals surface area contributed by atoms with E-state index in [1.54, 1.807) is 0 Å². The maximum Gasteiger partial charge on any atom is 0.317 e. The first-order chi connectivity index (χ1) is 3.29. The Morgan fingerprint density at radius 2 is 2.57 bits per heavy atom. The van der Waals surface area contributed by atoms with Gasteiger partial charge in [0.1, 0.15) is 0 Å². The van der Waals surface area contributed by atoms with Gasteiger partial charge in [0.05, 0.1) is 6.42 Å². The standard InChI is InChI=1S/C4H7O2S/c1-7-3-2-4(5)6-7/h2-3H2,1H3. The summed E-state index contributed by atoms with van der Waals surface area (Å²) in [6.07, 6.45) is 2.56. The molecule has 0 spiro atoms. The summed E-state index contributed by atoms with van der Waals surface area (Å²) in [5.41, 5.74) is 0. The Labute approximate surface area is 45.4 Å². The third-order valence-corrected chi connectivity index (χ3v) is 2.08. The van der Waals surface area contributed by atoms with Crippen LogP contribution in [-0.4, -0.2) is 18.0 Å². The number of hydrogen-bond donors (Lipinski definition) is 0. The lowest BCUT2D eigenvalue weighted by Gasteiger charge is -1.97. The third kappa shape index (κ3) is 1.09. The van der Waals surface area contributed by atoms with Crippen molar-refractivity contribution >= 4 is 17.1 Å². The van der Waals surface area contributed by atoms with E-state index in [1.807, 2.05) is 6.26 Å². The first-order valence-corrected chi connectivity index (χ1v) is 3.85. The molecule has 41 valence electrons. The molecule has 0 unspecified atom stereocenters. The molecule has 0 aliphatic carbocycles. The zero-order valence-corrected chi connectivity index (χ0v) is 4.96. The summed E-state index contributed by atoms with van der Waals surface area (Å²) in [5, 5.41) is 0. The van der Waals surface area contributed by atoms with Crippen LogP contribution in [0.15, 0.2) is 0 Å². The summed E-state index contributed by atoms with van der Waals surface area (Å²) < 4.78 is 4.75. The van der Waals surface area contributed by atoms with Gasteiger partial charge in [-0.1, -0.05) is 0 Å². The summed E-state index contributed by atoms with van der Waals surface area (Å²) in [4.78, 5) is 10.2. The predicted molar refractivity (Wildman–Crippen MR) is 29.1 cm³/mol. The molecule has 1 rings (SSSR count). The van der Waals surface area contributed by atoms with E-state index in [-0.39, 0.29) is 17.1 Å². The molecule has 1 saturated heterocycles. The molecule has 0 amide bonds. The van der Waals surface area contributed by atoms with Crippen LogP contribution in [0, 0.1) is 0 Å². The Hall–Kier alpha value is -0.180. The number of carbonyl (C=O) groups excluding carboxylic acids is 1. The molecule has 7 heavy (non-hydrogen) atoms. The second-order valence-corrected chi connectivity index (χ2v) is 3.20. The van der Waals surface area contributed by atoms with Crippen molar-refractivity contribution in [1.29, 1.82) is 0 Å². The van der Waals surface area contributed by atoms with Gasteiger partial charge in [0.2, 0.25) is 0 Å². The molecular weight excluding hydrogens is 112 g/mol. The maximum absolute atomic E-state index is 10.2. The highest BCUT2D eigenvalue weighted by atomic mass is 32.2. The fourth-order valence-corrected chi connectivity index (χ4v) is 1.41. The molecule has 1 aliphatic rings. The summed E-state index contributed by atoms with van der Waals surface area (Å²) in [6.45, 7) is 0. The Morgan fingerprint density at radius 1 is 1.86 bits per heavy atom. The lowest BCUT2D eigenvalue weighted by molar-refractivity contribution is -0.131. The fraction of sp³-hybridized carbons (Fsp3) is 0.750. The topological polar surface area (TPSA) is 26.3 Å². The minimum atomic E-state index is -0.0525. The monoisotopic (exact) mass is 119 g/mol. The van der Waals surface area contributed by atoms with Crippen molar-refractivity contribution in [2.75, 3.05) is 12.0 Å². The van der Waals surface area contributed by atoms with Crippen molar-refractivity contribution in [3.05, 3.63) is 0 Å². The molecule has 1 aliphatic heterocycles. The molecule has 0 N–H and O–H groups in total. The number of hydrogen-bond acceptors (Lipinski definition) is 2. The summed E-state index contributed by atoms with van der Waals surface area (Å²) in [6, 6.07) is 0. The average molecular weight is 119 g/mol. The lowest BCUT2D eigenvalue weighted by Crippen LogP contribution is -1.87. The second-order valence-electron chi connectivity index (χ2n) is 1.48. The van der Waals surface area contributed by atoms with Crippen LogP contribution in [0.25, 0.3) is 0 Å². The molecular formula is C4H7O2S. The van der Waals surface area contributed by atoms with E-state index in [2.05, 4.69) is 0 Å². The molecule has 1 heterocycles. The molecule has 0 atom stereocenters. The Balaban J connectivity index is 2.40. The summed E-state index contributed by atoms with van der Waals surface area (Å²) in [7, 11) is 0. The van der Waals surface area contributed by atoms with Gasteiger partial charge in [-0.15, -0.1) is 0 Å². The molecule has 0 aromatic carbocycles. The second kappa shape index (κ2) is 1.74. The van der Waals surface area contributed by atoms with Crippen LogP contribution in [0.1, 0.15) is 6.42 Å². The third-order valence-electron chi connectivity index (χ3n) is 0.829. The van der Waals surface area contributed by atoms with Crippen LogP contribution in [0.3, 0.4) is 0 Å². The normalized spacial score (nSPS) is 22.7. The highest BCUT2D eigenvalue weighted by Gasteiger charge is 2.16. The van der Waals surface area contributed by atoms with Gasteiger partial charge >= 0.3 is 5.97 Å². The van der Waals surface area contributed by atoms with Crippen LogP contribution in [0.5, 0.6) is 0 Å². The van der Waals surface area contributed by atoms with Crippen molar-refractivity contribution in [2.45, 2.75) is 6.42 Å². The molecule has 1 fully saturated rings. The van der Waals surface area contributed by atoms with Gasteiger partial charge in [0, 0.05) is 12.0 Å². The Kier molecular flexibility index (Phi) is 1.23. The van der Waals surface area contributed by atoms with E-state index in [0.29, 0.717) is 6.42 Å². The smallest absolute Gasteiger partial charge is 0.317 e. The van der Waals surface area contributed by atoms with Gasteiger partial charge in [0.25, 0.3) is 0 Å². The van der Waals surface area contributed by atoms with Gasteiger partial charge in [-0.3, -0.25) is 4.79 Å². The number of carbonyl (C=O) groups is 1. The quantitative estimate of drug-likeness (QED) is 0.470. The maximum atomic E-state index is 10.2. The Morgan fingerprint density at radius 3 is 2.71 bits per heavy atom. The largest absolute Gasteiger partial charge is 0.405 e.